The van der Waals surface area contributed by atoms with Crippen molar-refractivity contribution in [1.29, 1.82) is 0 Å². The highest BCUT2D eigenvalue weighted by atomic mass is 16.1. The molecule has 4 rings (SSSR count). The summed E-state index contributed by atoms with van der Waals surface area (Å²) in [5.41, 5.74) is 3.70. The topological polar surface area (TPSA) is 97.3 Å². The quantitative estimate of drug-likeness (QED) is 0.608. The largest absolute Gasteiger partial charge is 0.347 e. The van der Waals surface area contributed by atoms with Crippen LogP contribution in [0.5, 0.6) is 0 Å². The first-order chi connectivity index (χ1) is 11.7. The minimum atomic E-state index is -0.447. The third-order valence-corrected chi connectivity index (χ3v) is 3.58. The summed E-state index contributed by atoms with van der Waals surface area (Å²) in [5.74, 6) is 0. The molecule has 1 N–H and O–H groups in total. The van der Waals surface area contributed by atoms with Gasteiger partial charge in [-0.3, -0.25) is 9.97 Å². The summed E-state index contributed by atoms with van der Waals surface area (Å²) >= 11 is 0. The Labute approximate surface area is 136 Å². The number of rotatable bonds is 2. The average molecular weight is 316 g/mol. The van der Waals surface area contributed by atoms with E-state index in [1.807, 2.05) is 30.3 Å². The number of nitrogens with zero attached hydrogens (tertiary/aromatic N) is 5. The Morgan fingerprint density at radius 1 is 0.958 bits per heavy atom. The molecule has 0 radical (unpaired) electrons. The molecule has 0 spiro atoms. The normalized spacial score (nSPS) is 10.9. The lowest BCUT2D eigenvalue weighted by Crippen LogP contribution is -2.13. The number of pyridine rings is 2. The van der Waals surface area contributed by atoms with Gasteiger partial charge in [-0.05, 0) is 31.2 Å². The molecule has 24 heavy (non-hydrogen) atoms. The highest BCUT2D eigenvalue weighted by molar-refractivity contribution is 5.84. The molecule has 0 saturated carbocycles. The first-order valence-corrected chi connectivity index (χ1v) is 7.33. The van der Waals surface area contributed by atoms with Crippen LogP contribution in [0.2, 0.25) is 0 Å². The van der Waals surface area contributed by atoms with Gasteiger partial charge in [-0.1, -0.05) is 6.07 Å². The molecule has 7 heteroatoms. The zero-order valence-corrected chi connectivity index (χ0v) is 12.8. The van der Waals surface area contributed by atoms with Gasteiger partial charge in [0, 0.05) is 29.8 Å². The van der Waals surface area contributed by atoms with Crippen LogP contribution in [0.25, 0.3) is 33.8 Å². The van der Waals surface area contributed by atoms with E-state index in [1.165, 1.54) is 0 Å². The van der Waals surface area contributed by atoms with Gasteiger partial charge in [0.2, 0.25) is 0 Å². The summed E-state index contributed by atoms with van der Waals surface area (Å²) < 4.78 is 0. The number of hydrogen-bond acceptors (Lipinski definition) is 6. The number of aromatic nitrogens is 6. The smallest absolute Gasteiger partial charge is 0.308 e. The monoisotopic (exact) mass is 316 g/mol. The van der Waals surface area contributed by atoms with Gasteiger partial charge in [-0.25, -0.2) is 14.8 Å². The molecule has 0 saturated heterocycles. The molecule has 0 unspecified atom stereocenters. The zero-order chi connectivity index (χ0) is 16.5. The molecule has 4 aromatic heterocycles. The van der Waals surface area contributed by atoms with Crippen LogP contribution in [0.4, 0.5) is 0 Å². The van der Waals surface area contributed by atoms with E-state index in [2.05, 4.69) is 29.9 Å². The van der Waals surface area contributed by atoms with Crippen LogP contribution in [0, 0.1) is 6.92 Å². The molecule has 0 aromatic carbocycles. The summed E-state index contributed by atoms with van der Waals surface area (Å²) in [6.07, 6.45) is 5.08. The van der Waals surface area contributed by atoms with E-state index >= 15 is 0 Å². The van der Waals surface area contributed by atoms with E-state index < -0.39 is 5.69 Å². The molecule has 4 aromatic rings. The Morgan fingerprint density at radius 2 is 1.88 bits per heavy atom. The van der Waals surface area contributed by atoms with Gasteiger partial charge in [0.1, 0.15) is 16.9 Å². The molecular weight excluding hydrogens is 304 g/mol. The standard InChI is InChI=1S/C17H12N6O/c1-10-13-16(23-17(24)20-10)22-14(11-5-4-7-18-9-11)15(21-13)12-6-2-3-8-19-12/h2-9H,1H3,(H,20,22,23,24). The fraction of sp³-hybridized carbons (Fsp3) is 0.0588. The Hall–Kier alpha value is -3.48. The van der Waals surface area contributed by atoms with Gasteiger partial charge in [0.15, 0.2) is 5.65 Å². The fourth-order valence-electron chi connectivity index (χ4n) is 2.49. The van der Waals surface area contributed by atoms with Crippen LogP contribution in [0.3, 0.4) is 0 Å². The van der Waals surface area contributed by atoms with E-state index in [4.69, 9.17) is 0 Å². The minimum Gasteiger partial charge on any atom is -0.308 e. The molecule has 0 amide bonds. The number of H-pyrrole nitrogens is 1. The summed E-state index contributed by atoms with van der Waals surface area (Å²) in [4.78, 5) is 36.0. The lowest BCUT2D eigenvalue weighted by atomic mass is 10.1. The number of fused-ring (bicyclic) bond motifs is 1. The van der Waals surface area contributed by atoms with Crippen molar-refractivity contribution in [3.8, 4) is 22.6 Å². The van der Waals surface area contributed by atoms with Crippen molar-refractivity contribution in [2.24, 2.45) is 0 Å². The van der Waals surface area contributed by atoms with E-state index in [1.54, 1.807) is 25.5 Å². The number of aromatic amines is 1. The van der Waals surface area contributed by atoms with E-state index in [9.17, 15) is 4.79 Å². The molecule has 7 nitrogen and oxygen atoms in total. The Bertz CT molecular complexity index is 1080. The highest BCUT2D eigenvalue weighted by Gasteiger charge is 2.16. The highest BCUT2D eigenvalue weighted by Crippen LogP contribution is 2.28. The van der Waals surface area contributed by atoms with Gasteiger partial charge in [-0.15, -0.1) is 0 Å². The van der Waals surface area contributed by atoms with Crippen molar-refractivity contribution in [2.75, 3.05) is 0 Å². The van der Waals surface area contributed by atoms with Gasteiger partial charge in [0.05, 0.1) is 5.69 Å². The molecule has 0 atom stereocenters. The lowest BCUT2D eigenvalue weighted by molar-refractivity contribution is 1.03. The summed E-state index contributed by atoms with van der Waals surface area (Å²) in [7, 11) is 0. The number of aryl methyl sites for hydroxylation is 1. The predicted molar refractivity (Wildman–Crippen MR) is 89.2 cm³/mol. The van der Waals surface area contributed by atoms with Gasteiger partial charge in [-0.2, -0.15) is 4.98 Å². The molecule has 0 aliphatic heterocycles. The number of nitrogens with one attached hydrogen (secondary N) is 1. The molecule has 0 aliphatic rings. The Morgan fingerprint density at radius 3 is 2.62 bits per heavy atom. The van der Waals surface area contributed by atoms with Crippen LogP contribution < -0.4 is 5.69 Å². The van der Waals surface area contributed by atoms with Gasteiger partial charge < -0.3 is 4.98 Å². The van der Waals surface area contributed by atoms with E-state index in [0.29, 0.717) is 33.9 Å². The maximum Gasteiger partial charge on any atom is 0.347 e. The molecule has 0 aliphatic carbocycles. The van der Waals surface area contributed by atoms with Crippen molar-refractivity contribution in [3.63, 3.8) is 0 Å². The zero-order valence-electron chi connectivity index (χ0n) is 12.8. The Kier molecular flexibility index (Phi) is 3.31. The SMILES string of the molecule is Cc1[nH]c(=O)nc2nc(-c3cccnc3)c(-c3ccccn3)nc12. The molecule has 4 heterocycles. The average Bonchev–Trinajstić information content (AvgIpc) is 2.62. The third kappa shape index (κ3) is 2.41. The second kappa shape index (κ2) is 5.62. The van der Waals surface area contributed by atoms with Crippen molar-refractivity contribution in [1.82, 2.24) is 29.9 Å². The van der Waals surface area contributed by atoms with Crippen LogP contribution in [-0.2, 0) is 0 Å². The first-order valence-electron chi connectivity index (χ1n) is 7.33. The van der Waals surface area contributed by atoms with Crippen LogP contribution in [-0.4, -0.2) is 29.9 Å². The molecule has 0 fully saturated rings. The van der Waals surface area contributed by atoms with Crippen molar-refractivity contribution in [2.45, 2.75) is 6.92 Å². The van der Waals surface area contributed by atoms with Crippen LogP contribution in [0.1, 0.15) is 5.69 Å². The summed E-state index contributed by atoms with van der Waals surface area (Å²) in [6.45, 7) is 1.77. The molecular formula is C17H12N6O. The number of hydrogen-bond donors (Lipinski definition) is 1. The first kappa shape index (κ1) is 14.1. The van der Waals surface area contributed by atoms with E-state index in [-0.39, 0.29) is 0 Å². The molecule has 116 valence electrons. The van der Waals surface area contributed by atoms with Crippen molar-refractivity contribution < 1.29 is 0 Å². The molecule has 0 bridgehead atoms. The minimum absolute atomic E-state index is 0.301. The fourth-order valence-corrected chi connectivity index (χ4v) is 2.49. The van der Waals surface area contributed by atoms with E-state index in [0.717, 1.165) is 5.56 Å². The Balaban J connectivity index is 2.10. The van der Waals surface area contributed by atoms with Crippen LogP contribution in [0.15, 0.2) is 53.7 Å². The second-order valence-electron chi connectivity index (χ2n) is 5.22. The van der Waals surface area contributed by atoms with Crippen molar-refractivity contribution >= 4 is 11.2 Å². The second-order valence-corrected chi connectivity index (χ2v) is 5.22. The van der Waals surface area contributed by atoms with Crippen LogP contribution >= 0.6 is 0 Å². The van der Waals surface area contributed by atoms with Gasteiger partial charge in [0.25, 0.3) is 0 Å². The summed E-state index contributed by atoms with van der Waals surface area (Å²) in [5, 5.41) is 0. The predicted octanol–water partition coefficient (Wildman–Crippen LogP) is 2.15. The van der Waals surface area contributed by atoms with Gasteiger partial charge >= 0.3 is 5.69 Å². The maximum absolute atomic E-state index is 11.6. The van der Waals surface area contributed by atoms with Crippen molar-refractivity contribution in [3.05, 3.63) is 65.1 Å². The lowest BCUT2D eigenvalue weighted by Gasteiger charge is -2.09. The third-order valence-electron chi connectivity index (χ3n) is 3.58. The summed E-state index contributed by atoms with van der Waals surface area (Å²) in [6, 6.07) is 9.30. The maximum atomic E-state index is 11.6.